The predicted octanol–water partition coefficient (Wildman–Crippen LogP) is 18.6. The Morgan fingerprint density at radius 3 is 1.81 bits per heavy atom. The van der Waals surface area contributed by atoms with Crippen LogP contribution < -0.4 is 4.90 Å². The summed E-state index contributed by atoms with van der Waals surface area (Å²) in [6, 6.07) is 77.1. The number of nitrogens with zero attached hydrogens (tertiary/aromatic N) is 1. The van der Waals surface area contributed by atoms with Gasteiger partial charge in [0.15, 0.2) is 0 Å². The first-order valence-electron chi connectivity index (χ1n) is 23.0. The number of rotatable bonds is 6. The van der Waals surface area contributed by atoms with Crippen LogP contribution in [-0.4, -0.2) is 0 Å². The second-order valence-corrected chi connectivity index (χ2v) is 19.4. The predicted molar refractivity (Wildman–Crippen MR) is 282 cm³/mol. The van der Waals surface area contributed by atoms with Crippen LogP contribution in [-0.2, 0) is 5.41 Å². The first kappa shape index (κ1) is 38.1. The van der Waals surface area contributed by atoms with Crippen LogP contribution in [0.1, 0.15) is 25.0 Å². The van der Waals surface area contributed by atoms with E-state index in [2.05, 4.69) is 213 Å². The molecule has 10 aromatic carbocycles. The van der Waals surface area contributed by atoms with Gasteiger partial charge in [-0.25, -0.2) is 0 Å². The van der Waals surface area contributed by atoms with Gasteiger partial charge >= 0.3 is 0 Å². The fourth-order valence-electron chi connectivity index (χ4n) is 11.0. The van der Waals surface area contributed by atoms with Crippen molar-refractivity contribution in [2.75, 3.05) is 4.90 Å². The van der Waals surface area contributed by atoms with Gasteiger partial charge in [0.25, 0.3) is 0 Å². The molecular formula is C63H41NO2S. The average Bonchev–Trinajstić information content (AvgIpc) is 4.12. The summed E-state index contributed by atoms with van der Waals surface area (Å²) in [4.78, 5) is 2.40. The Labute approximate surface area is 391 Å². The summed E-state index contributed by atoms with van der Waals surface area (Å²) < 4.78 is 16.0. The van der Waals surface area contributed by atoms with Crippen LogP contribution in [0.3, 0.4) is 0 Å². The molecule has 1 aliphatic carbocycles. The number of thiophene rings is 1. The molecule has 0 saturated carbocycles. The van der Waals surface area contributed by atoms with Crippen molar-refractivity contribution in [2.24, 2.45) is 0 Å². The molecule has 0 radical (unpaired) electrons. The van der Waals surface area contributed by atoms with Crippen molar-refractivity contribution < 1.29 is 8.83 Å². The molecule has 3 aromatic heterocycles. The molecule has 0 unspecified atom stereocenters. The van der Waals surface area contributed by atoms with Crippen LogP contribution in [0.15, 0.2) is 221 Å². The van der Waals surface area contributed by atoms with Crippen molar-refractivity contribution in [1.82, 2.24) is 0 Å². The van der Waals surface area contributed by atoms with Crippen LogP contribution in [0.4, 0.5) is 17.1 Å². The van der Waals surface area contributed by atoms with Crippen LogP contribution in [0.25, 0.3) is 109 Å². The highest BCUT2D eigenvalue weighted by molar-refractivity contribution is 7.26. The third-order valence-corrected chi connectivity index (χ3v) is 15.5. The number of benzene rings is 10. The topological polar surface area (TPSA) is 29.5 Å². The Kier molecular flexibility index (Phi) is 8.20. The number of hydrogen-bond acceptors (Lipinski definition) is 4. The van der Waals surface area contributed by atoms with Gasteiger partial charge in [-0.05, 0) is 123 Å². The van der Waals surface area contributed by atoms with Crippen LogP contribution in [0.2, 0.25) is 0 Å². The van der Waals surface area contributed by atoms with E-state index in [0.29, 0.717) is 0 Å². The third kappa shape index (κ3) is 5.76. The summed E-state index contributed by atoms with van der Waals surface area (Å²) in [5.74, 6) is 0. The summed E-state index contributed by atoms with van der Waals surface area (Å²) >= 11 is 1.86. The molecule has 0 spiro atoms. The normalized spacial score (nSPS) is 13.0. The molecule has 13 aromatic rings. The van der Waals surface area contributed by atoms with Crippen LogP contribution >= 0.6 is 11.3 Å². The largest absolute Gasteiger partial charge is 0.456 e. The highest BCUT2D eigenvalue weighted by Gasteiger charge is 2.36. The summed E-state index contributed by atoms with van der Waals surface area (Å²) in [5, 5.41) is 6.89. The van der Waals surface area contributed by atoms with Crippen molar-refractivity contribution in [1.29, 1.82) is 0 Å². The highest BCUT2D eigenvalue weighted by atomic mass is 32.1. The molecule has 1 aliphatic rings. The number of para-hydroxylation sites is 1. The Bertz CT molecular complexity index is 4110. The van der Waals surface area contributed by atoms with Crippen LogP contribution in [0.5, 0.6) is 0 Å². The van der Waals surface area contributed by atoms with E-state index in [9.17, 15) is 0 Å². The molecule has 0 amide bonds. The van der Waals surface area contributed by atoms with E-state index in [1.54, 1.807) is 0 Å². The molecule has 0 aliphatic heterocycles. The molecule has 14 rings (SSSR count). The van der Waals surface area contributed by atoms with E-state index < -0.39 is 0 Å². The maximum atomic E-state index is 6.99. The lowest BCUT2D eigenvalue weighted by Gasteiger charge is -2.28. The maximum Gasteiger partial charge on any atom is 0.143 e. The molecule has 316 valence electrons. The Morgan fingerprint density at radius 2 is 0.985 bits per heavy atom. The Balaban J connectivity index is 0.965. The zero-order valence-corrected chi connectivity index (χ0v) is 37.7. The van der Waals surface area contributed by atoms with Gasteiger partial charge in [-0.3, -0.25) is 0 Å². The lowest BCUT2D eigenvalue weighted by Crippen LogP contribution is -2.16. The molecule has 0 N–H and O–H groups in total. The average molecular weight is 876 g/mol. The molecule has 67 heavy (non-hydrogen) atoms. The monoisotopic (exact) mass is 875 g/mol. The van der Waals surface area contributed by atoms with Gasteiger partial charge in [0, 0.05) is 69.8 Å². The molecule has 3 heterocycles. The fourth-order valence-corrected chi connectivity index (χ4v) is 12.3. The fraction of sp³-hybridized carbons (Fsp3) is 0.0476. The highest BCUT2D eigenvalue weighted by Crippen LogP contribution is 2.52. The summed E-state index contributed by atoms with van der Waals surface area (Å²) in [7, 11) is 0. The number of anilines is 3. The van der Waals surface area contributed by atoms with Gasteiger partial charge in [-0.15, -0.1) is 11.3 Å². The SMILES string of the molecule is CC1(C)c2ccccc2-c2ccc(N(c3ccc(-c4ccccc4)cc3)c3ccc(-c4cc(-c5cccc6c5sc5ccccc56)cc5c4oc4ccc6oc7ccccc7c6c45)cc3)cc21. The third-order valence-electron chi connectivity index (χ3n) is 14.3. The van der Waals surface area contributed by atoms with Crippen molar-refractivity contribution in [3.63, 3.8) is 0 Å². The standard InChI is InChI=1S/C63H41NO2S/c1-63(2)53-20-9-6-15-46(53)47-32-31-44(37-54(47)63)64(42-27-23-39(24-28-42)38-13-4-3-5-14-38)43-29-25-40(26-30-43)51-35-41(45-18-12-19-49-48-16-8-11-22-58(48)67-62(45)49)36-52-60-57(66-61(51)52)34-33-56-59(60)50-17-7-10-21-55(50)65-56/h3-37H,1-2H3. The maximum absolute atomic E-state index is 6.99. The number of hydrogen-bond donors (Lipinski definition) is 0. The molecule has 4 heteroatoms. The van der Waals surface area contributed by atoms with E-state index >= 15 is 0 Å². The summed E-state index contributed by atoms with van der Waals surface area (Å²) in [6.45, 7) is 4.70. The van der Waals surface area contributed by atoms with E-state index in [-0.39, 0.29) is 5.41 Å². The second-order valence-electron chi connectivity index (χ2n) is 18.4. The second kappa shape index (κ2) is 14.4. The molecular weight excluding hydrogens is 835 g/mol. The van der Waals surface area contributed by atoms with E-state index in [1.165, 1.54) is 59.1 Å². The molecule has 0 saturated heterocycles. The van der Waals surface area contributed by atoms with Gasteiger partial charge in [0.2, 0.25) is 0 Å². The smallest absolute Gasteiger partial charge is 0.143 e. The van der Waals surface area contributed by atoms with E-state index in [4.69, 9.17) is 8.83 Å². The van der Waals surface area contributed by atoms with Gasteiger partial charge in [-0.1, -0.05) is 153 Å². The minimum atomic E-state index is -0.133. The van der Waals surface area contributed by atoms with E-state index in [0.717, 1.165) is 77.6 Å². The lowest BCUT2D eigenvalue weighted by atomic mass is 9.82. The minimum Gasteiger partial charge on any atom is -0.456 e. The minimum absolute atomic E-state index is 0.133. The zero-order chi connectivity index (χ0) is 44.4. The number of fused-ring (bicyclic) bond motifs is 13. The first-order valence-corrected chi connectivity index (χ1v) is 23.8. The van der Waals surface area contributed by atoms with Crippen molar-refractivity contribution >= 4 is 92.4 Å². The van der Waals surface area contributed by atoms with Gasteiger partial charge in [-0.2, -0.15) is 0 Å². The lowest BCUT2D eigenvalue weighted by molar-refractivity contribution is 0.660. The number of furan rings is 2. The van der Waals surface area contributed by atoms with Gasteiger partial charge < -0.3 is 13.7 Å². The Hall–Kier alpha value is -8.18. The molecule has 3 nitrogen and oxygen atoms in total. The first-order chi connectivity index (χ1) is 33.0. The quantitative estimate of drug-likeness (QED) is 0.167. The van der Waals surface area contributed by atoms with Crippen molar-refractivity contribution in [2.45, 2.75) is 19.3 Å². The summed E-state index contributed by atoms with van der Waals surface area (Å²) in [5.41, 5.74) is 18.8. The Morgan fingerprint density at radius 1 is 0.373 bits per heavy atom. The molecule has 0 atom stereocenters. The van der Waals surface area contributed by atoms with Crippen molar-refractivity contribution in [3.8, 4) is 44.5 Å². The van der Waals surface area contributed by atoms with Crippen molar-refractivity contribution in [3.05, 3.63) is 223 Å². The summed E-state index contributed by atoms with van der Waals surface area (Å²) in [6.07, 6.45) is 0. The zero-order valence-electron chi connectivity index (χ0n) is 36.9. The van der Waals surface area contributed by atoms with Gasteiger partial charge in [0.05, 0.1) is 0 Å². The van der Waals surface area contributed by atoms with Gasteiger partial charge in [0.1, 0.15) is 22.3 Å². The molecule has 0 bridgehead atoms. The van der Waals surface area contributed by atoms with Crippen LogP contribution in [0, 0.1) is 0 Å². The van der Waals surface area contributed by atoms with E-state index in [1.807, 2.05) is 29.5 Å². The molecule has 0 fully saturated rings.